The second-order valence-corrected chi connectivity index (χ2v) is 3.97. The van der Waals surface area contributed by atoms with E-state index in [-0.39, 0.29) is 18.5 Å². The first kappa shape index (κ1) is 14.5. The summed E-state index contributed by atoms with van der Waals surface area (Å²) in [7, 11) is 0. The first-order chi connectivity index (χ1) is 8.71. The Balaban J connectivity index is 2.76. The van der Waals surface area contributed by atoms with Crippen LogP contribution in [-0.4, -0.2) is 17.8 Å². The molecule has 0 atom stereocenters. The molecule has 0 saturated carbocycles. The van der Waals surface area contributed by atoms with Crippen LogP contribution in [0.5, 0.6) is 5.75 Å². The summed E-state index contributed by atoms with van der Waals surface area (Å²) in [6.07, 6.45) is 2.27. The van der Waals surface area contributed by atoms with Gasteiger partial charge in [0.2, 0.25) is 0 Å². The van der Waals surface area contributed by atoms with Gasteiger partial charge in [0.1, 0.15) is 11.6 Å². The maximum atomic E-state index is 13.7. The second-order valence-electron chi connectivity index (χ2n) is 3.97. The number of ether oxygens (including phenoxy) is 1. The largest absolute Gasteiger partial charge is 0.490 e. The monoisotopic (exact) mass is 250 g/mol. The Morgan fingerprint density at radius 3 is 2.61 bits per heavy atom. The zero-order valence-corrected chi connectivity index (χ0v) is 10.9. The Labute approximate surface area is 108 Å². The van der Waals surface area contributed by atoms with Gasteiger partial charge in [0.15, 0.2) is 0 Å². The molecule has 1 N–H and O–H groups in total. The number of benzene rings is 1. The topological polar surface area (TPSA) is 29.5 Å². The minimum absolute atomic E-state index is 0.00943. The molecule has 0 aliphatic heterocycles. The Hall–Kier alpha value is -1.53. The molecule has 2 nitrogen and oxygen atoms in total. The first-order valence-electron chi connectivity index (χ1n) is 6.27. The average Bonchev–Trinajstić information content (AvgIpc) is 2.38. The van der Waals surface area contributed by atoms with E-state index in [4.69, 9.17) is 9.84 Å². The number of aliphatic hydroxyl groups excluding tert-OH is 1. The lowest BCUT2D eigenvalue weighted by Gasteiger charge is -2.15. The van der Waals surface area contributed by atoms with Crippen LogP contribution >= 0.6 is 0 Å². The van der Waals surface area contributed by atoms with Crippen LogP contribution in [0, 0.1) is 17.7 Å². The predicted octanol–water partition coefficient (Wildman–Crippen LogP) is 3.13. The van der Waals surface area contributed by atoms with Crippen LogP contribution in [0.3, 0.4) is 0 Å². The van der Waals surface area contributed by atoms with Gasteiger partial charge in [-0.05, 0) is 25.0 Å². The van der Waals surface area contributed by atoms with Crippen LogP contribution in [0.25, 0.3) is 0 Å². The van der Waals surface area contributed by atoms with Crippen LogP contribution in [0.4, 0.5) is 4.39 Å². The zero-order chi connectivity index (χ0) is 13.4. The van der Waals surface area contributed by atoms with Gasteiger partial charge in [-0.1, -0.05) is 25.7 Å². The molecule has 98 valence electrons. The Morgan fingerprint density at radius 1 is 1.33 bits per heavy atom. The van der Waals surface area contributed by atoms with Crippen molar-refractivity contribution < 1.29 is 14.2 Å². The second kappa shape index (κ2) is 7.73. The molecule has 3 heteroatoms. The molecule has 1 rings (SSSR count). The lowest BCUT2D eigenvalue weighted by molar-refractivity contribution is 0.192. The van der Waals surface area contributed by atoms with Gasteiger partial charge in [-0.25, -0.2) is 4.39 Å². The molecule has 0 aliphatic carbocycles. The van der Waals surface area contributed by atoms with Crippen molar-refractivity contribution in [1.82, 2.24) is 0 Å². The van der Waals surface area contributed by atoms with E-state index in [9.17, 15) is 4.39 Å². The van der Waals surface area contributed by atoms with Crippen molar-refractivity contribution in [3.63, 3.8) is 0 Å². The van der Waals surface area contributed by atoms with Crippen molar-refractivity contribution in [2.45, 2.75) is 39.2 Å². The van der Waals surface area contributed by atoms with E-state index in [2.05, 4.69) is 11.8 Å². The van der Waals surface area contributed by atoms with Crippen LogP contribution in [0.15, 0.2) is 18.2 Å². The Morgan fingerprint density at radius 2 is 2.06 bits per heavy atom. The van der Waals surface area contributed by atoms with E-state index in [1.54, 1.807) is 12.1 Å². The number of hydrogen-bond donors (Lipinski definition) is 1. The smallest absolute Gasteiger partial charge is 0.142 e. The molecule has 0 heterocycles. The summed E-state index contributed by atoms with van der Waals surface area (Å²) in [6.45, 7) is 4.07. The average molecular weight is 250 g/mol. The summed E-state index contributed by atoms with van der Waals surface area (Å²) in [6, 6.07) is 4.70. The number of hydrogen-bond acceptors (Lipinski definition) is 2. The minimum Gasteiger partial charge on any atom is -0.490 e. The van der Waals surface area contributed by atoms with Crippen LogP contribution < -0.4 is 4.74 Å². The van der Waals surface area contributed by atoms with Crippen molar-refractivity contribution in [1.29, 1.82) is 0 Å². The standard InChI is InChI=1S/C15H19FO2/c1-3-13(4-2)18-14-9-8-12(15(16)11-14)7-5-6-10-17/h8-9,11,13,17H,3-4,6,10H2,1-2H3. The summed E-state index contributed by atoms with van der Waals surface area (Å²) >= 11 is 0. The van der Waals surface area contributed by atoms with Crippen molar-refractivity contribution in [3.05, 3.63) is 29.6 Å². The van der Waals surface area contributed by atoms with E-state index in [1.165, 1.54) is 6.07 Å². The van der Waals surface area contributed by atoms with Crippen molar-refractivity contribution in [2.24, 2.45) is 0 Å². The highest BCUT2D eigenvalue weighted by atomic mass is 19.1. The maximum Gasteiger partial charge on any atom is 0.142 e. The fourth-order valence-corrected chi connectivity index (χ4v) is 1.53. The quantitative estimate of drug-likeness (QED) is 0.814. The maximum absolute atomic E-state index is 13.7. The predicted molar refractivity (Wildman–Crippen MR) is 70.0 cm³/mol. The van der Waals surface area contributed by atoms with Gasteiger partial charge in [-0.2, -0.15) is 0 Å². The molecule has 0 radical (unpaired) electrons. The zero-order valence-electron chi connectivity index (χ0n) is 10.9. The van der Waals surface area contributed by atoms with Gasteiger partial charge in [0.25, 0.3) is 0 Å². The highest BCUT2D eigenvalue weighted by Crippen LogP contribution is 2.19. The van der Waals surface area contributed by atoms with E-state index in [1.807, 2.05) is 13.8 Å². The number of aliphatic hydroxyl groups is 1. The highest BCUT2D eigenvalue weighted by molar-refractivity contribution is 5.39. The molecule has 0 unspecified atom stereocenters. The van der Waals surface area contributed by atoms with Crippen molar-refractivity contribution in [3.8, 4) is 17.6 Å². The van der Waals surface area contributed by atoms with Gasteiger partial charge in [-0.15, -0.1) is 0 Å². The molecule has 0 aromatic heterocycles. The summed E-state index contributed by atoms with van der Waals surface area (Å²) in [5.41, 5.74) is 0.334. The molecule has 0 bridgehead atoms. The molecule has 0 fully saturated rings. The van der Waals surface area contributed by atoms with Gasteiger partial charge in [0, 0.05) is 12.5 Å². The SMILES string of the molecule is CCC(CC)Oc1ccc(C#CCCO)c(F)c1. The van der Waals surface area contributed by atoms with Gasteiger partial charge in [-0.3, -0.25) is 0 Å². The van der Waals surface area contributed by atoms with Gasteiger partial charge < -0.3 is 9.84 Å². The summed E-state index contributed by atoms with van der Waals surface area (Å²) in [5, 5.41) is 8.59. The molecule has 1 aromatic carbocycles. The van der Waals surface area contributed by atoms with E-state index in [0.717, 1.165) is 12.8 Å². The van der Waals surface area contributed by atoms with Gasteiger partial charge in [0.05, 0.1) is 18.3 Å². The molecular weight excluding hydrogens is 231 g/mol. The third kappa shape index (κ3) is 4.38. The molecule has 0 saturated heterocycles. The summed E-state index contributed by atoms with van der Waals surface area (Å²) < 4.78 is 19.3. The molecular formula is C15H19FO2. The van der Waals surface area contributed by atoms with Crippen LogP contribution in [0.1, 0.15) is 38.7 Å². The van der Waals surface area contributed by atoms with E-state index in [0.29, 0.717) is 17.7 Å². The molecule has 0 amide bonds. The lowest BCUT2D eigenvalue weighted by Crippen LogP contribution is -2.13. The normalized spacial score (nSPS) is 10.1. The summed E-state index contributed by atoms with van der Waals surface area (Å²) in [4.78, 5) is 0. The third-order valence-electron chi connectivity index (χ3n) is 2.61. The molecule has 0 aliphatic rings. The van der Waals surface area contributed by atoms with Crippen molar-refractivity contribution >= 4 is 0 Å². The fourth-order valence-electron chi connectivity index (χ4n) is 1.53. The first-order valence-corrected chi connectivity index (χ1v) is 6.27. The highest BCUT2D eigenvalue weighted by Gasteiger charge is 2.07. The Kier molecular flexibility index (Phi) is 6.24. The number of halogens is 1. The van der Waals surface area contributed by atoms with E-state index >= 15 is 0 Å². The van der Waals surface area contributed by atoms with Crippen LogP contribution in [-0.2, 0) is 0 Å². The lowest BCUT2D eigenvalue weighted by atomic mass is 10.2. The molecule has 0 spiro atoms. The van der Waals surface area contributed by atoms with Gasteiger partial charge >= 0.3 is 0 Å². The minimum atomic E-state index is -0.385. The summed E-state index contributed by atoms with van der Waals surface area (Å²) in [5.74, 6) is 5.53. The number of rotatable bonds is 5. The molecule has 18 heavy (non-hydrogen) atoms. The molecule has 1 aromatic rings. The van der Waals surface area contributed by atoms with E-state index < -0.39 is 0 Å². The van der Waals surface area contributed by atoms with Crippen molar-refractivity contribution in [2.75, 3.05) is 6.61 Å². The fraction of sp³-hybridized carbons (Fsp3) is 0.467. The Bertz CT molecular complexity index is 428. The van der Waals surface area contributed by atoms with Crippen LogP contribution in [0.2, 0.25) is 0 Å². The third-order valence-corrected chi connectivity index (χ3v) is 2.61.